The summed E-state index contributed by atoms with van der Waals surface area (Å²) in [7, 11) is 0. The Morgan fingerprint density at radius 3 is 2.50 bits per heavy atom. The fourth-order valence-electron chi connectivity index (χ4n) is 5.92. The smallest absolute Gasteiger partial charge is 0.129 e. The standard InChI is InChI=1S/C20H30O2/c1-13(2)6-5-7-14(3)16-9-10-19(12-21)18(16)17-15(4)8-11-20(17,19)22/h6-7,12,15-18,22H,5,8-11H2,1-4H3. The van der Waals surface area contributed by atoms with Gasteiger partial charge in [-0.25, -0.2) is 0 Å². The van der Waals surface area contributed by atoms with Crippen molar-refractivity contribution >= 4 is 6.29 Å². The molecule has 0 amide bonds. The van der Waals surface area contributed by atoms with E-state index in [2.05, 4.69) is 39.8 Å². The van der Waals surface area contributed by atoms with E-state index in [0.29, 0.717) is 23.7 Å². The van der Waals surface area contributed by atoms with Crippen LogP contribution in [0.1, 0.15) is 59.8 Å². The van der Waals surface area contributed by atoms with Gasteiger partial charge in [-0.3, -0.25) is 0 Å². The van der Waals surface area contributed by atoms with Crippen molar-refractivity contribution in [3.63, 3.8) is 0 Å². The highest BCUT2D eigenvalue weighted by Gasteiger charge is 2.77. The van der Waals surface area contributed by atoms with E-state index in [4.69, 9.17) is 0 Å². The molecule has 22 heavy (non-hydrogen) atoms. The third-order valence-electron chi connectivity index (χ3n) is 7.00. The molecule has 3 saturated carbocycles. The third-order valence-corrected chi connectivity index (χ3v) is 7.00. The van der Waals surface area contributed by atoms with Crippen LogP contribution in [0.5, 0.6) is 0 Å². The minimum absolute atomic E-state index is 0.331. The van der Waals surface area contributed by atoms with Gasteiger partial charge in [0.25, 0.3) is 0 Å². The lowest BCUT2D eigenvalue weighted by Crippen LogP contribution is -2.69. The number of carbonyl (C=O) groups is 1. The zero-order valence-electron chi connectivity index (χ0n) is 14.4. The molecule has 3 rings (SSSR count). The summed E-state index contributed by atoms with van der Waals surface area (Å²) in [5.74, 6) is 1.74. The Morgan fingerprint density at radius 2 is 1.86 bits per heavy atom. The SMILES string of the molecule is CC(C)=CCC=C(C)C1CCC2(C=O)C1C1C(C)CCC12O. The second kappa shape index (κ2) is 5.33. The predicted molar refractivity (Wildman–Crippen MR) is 89.4 cm³/mol. The molecule has 2 heteroatoms. The van der Waals surface area contributed by atoms with E-state index in [9.17, 15) is 9.90 Å². The van der Waals surface area contributed by atoms with Crippen molar-refractivity contribution in [3.8, 4) is 0 Å². The van der Waals surface area contributed by atoms with Crippen LogP contribution < -0.4 is 0 Å². The number of carbonyl (C=O) groups excluding carboxylic acids is 1. The Labute approximate surface area is 134 Å². The van der Waals surface area contributed by atoms with Crippen molar-refractivity contribution in [1.82, 2.24) is 0 Å². The van der Waals surface area contributed by atoms with Gasteiger partial charge >= 0.3 is 0 Å². The number of fused-ring (bicyclic) bond motifs is 4. The number of allylic oxidation sites excluding steroid dienone is 4. The van der Waals surface area contributed by atoms with Crippen LogP contribution in [-0.4, -0.2) is 17.0 Å². The maximum Gasteiger partial charge on any atom is 0.129 e. The number of hydrogen-bond donors (Lipinski definition) is 1. The van der Waals surface area contributed by atoms with Crippen LogP contribution in [0.2, 0.25) is 0 Å². The lowest BCUT2D eigenvalue weighted by atomic mass is 9.44. The fourth-order valence-corrected chi connectivity index (χ4v) is 5.92. The van der Waals surface area contributed by atoms with Crippen LogP contribution in [0.4, 0.5) is 0 Å². The summed E-state index contributed by atoms with van der Waals surface area (Å²) in [6.45, 7) is 8.74. The summed E-state index contributed by atoms with van der Waals surface area (Å²) in [5.41, 5.74) is 1.62. The summed E-state index contributed by atoms with van der Waals surface area (Å²) in [6, 6.07) is 0. The Kier molecular flexibility index (Phi) is 3.87. The van der Waals surface area contributed by atoms with E-state index in [1.807, 2.05) is 0 Å². The lowest BCUT2D eigenvalue weighted by Gasteiger charge is -2.62. The molecular weight excluding hydrogens is 272 g/mol. The van der Waals surface area contributed by atoms with Crippen molar-refractivity contribution < 1.29 is 9.90 Å². The second-order valence-corrected chi connectivity index (χ2v) is 8.26. The molecule has 3 aliphatic rings. The van der Waals surface area contributed by atoms with Crippen LogP contribution in [0.3, 0.4) is 0 Å². The van der Waals surface area contributed by atoms with Crippen LogP contribution in [-0.2, 0) is 4.79 Å². The highest BCUT2D eigenvalue weighted by Crippen LogP contribution is 2.74. The molecule has 0 bridgehead atoms. The highest BCUT2D eigenvalue weighted by atomic mass is 16.3. The molecule has 0 aromatic rings. The van der Waals surface area contributed by atoms with Gasteiger partial charge in [-0.05, 0) is 76.5 Å². The van der Waals surface area contributed by atoms with Gasteiger partial charge in [-0.2, -0.15) is 0 Å². The van der Waals surface area contributed by atoms with E-state index in [-0.39, 0.29) is 0 Å². The molecule has 0 aromatic carbocycles. The summed E-state index contributed by atoms with van der Waals surface area (Å²) in [4.78, 5) is 11.9. The Bertz CT molecular complexity index is 528. The summed E-state index contributed by atoms with van der Waals surface area (Å²) >= 11 is 0. The van der Waals surface area contributed by atoms with Gasteiger partial charge in [0.2, 0.25) is 0 Å². The molecule has 0 spiro atoms. The molecule has 6 atom stereocenters. The van der Waals surface area contributed by atoms with Gasteiger partial charge in [-0.1, -0.05) is 30.2 Å². The second-order valence-electron chi connectivity index (χ2n) is 8.26. The first-order valence-electron chi connectivity index (χ1n) is 8.86. The van der Waals surface area contributed by atoms with Gasteiger partial charge in [0.15, 0.2) is 0 Å². The Morgan fingerprint density at radius 1 is 1.14 bits per heavy atom. The molecule has 6 unspecified atom stereocenters. The topological polar surface area (TPSA) is 37.3 Å². The maximum absolute atomic E-state index is 11.9. The summed E-state index contributed by atoms with van der Waals surface area (Å²) < 4.78 is 0. The monoisotopic (exact) mass is 302 g/mol. The van der Waals surface area contributed by atoms with Crippen molar-refractivity contribution in [3.05, 3.63) is 23.3 Å². The number of aldehydes is 1. The van der Waals surface area contributed by atoms with Crippen molar-refractivity contribution in [2.75, 3.05) is 0 Å². The Hall–Kier alpha value is -0.890. The molecule has 0 aromatic heterocycles. The summed E-state index contributed by atoms with van der Waals surface area (Å²) in [6.07, 6.45) is 10.5. The van der Waals surface area contributed by atoms with Gasteiger partial charge < -0.3 is 9.90 Å². The van der Waals surface area contributed by atoms with Gasteiger partial charge in [-0.15, -0.1) is 0 Å². The van der Waals surface area contributed by atoms with Gasteiger partial charge in [0.1, 0.15) is 6.29 Å². The van der Waals surface area contributed by atoms with Crippen molar-refractivity contribution in [1.29, 1.82) is 0 Å². The normalized spacial score (nSPS) is 46.7. The zero-order valence-corrected chi connectivity index (χ0v) is 14.4. The van der Waals surface area contributed by atoms with E-state index < -0.39 is 11.0 Å². The zero-order chi connectivity index (χ0) is 16.1. The Balaban J connectivity index is 1.85. The largest absolute Gasteiger partial charge is 0.389 e. The molecule has 122 valence electrons. The first kappa shape index (κ1) is 16.0. The molecule has 0 radical (unpaired) electrons. The highest BCUT2D eigenvalue weighted by molar-refractivity contribution is 5.68. The number of hydrogen-bond acceptors (Lipinski definition) is 2. The predicted octanol–water partition coefficient (Wildman–Crippen LogP) is 4.29. The van der Waals surface area contributed by atoms with Crippen LogP contribution >= 0.6 is 0 Å². The molecule has 0 aliphatic heterocycles. The van der Waals surface area contributed by atoms with Crippen LogP contribution in [0, 0.1) is 29.1 Å². The third kappa shape index (κ3) is 1.92. The van der Waals surface area contributed by atoms with E-state index in [0.717, 1.165) is 38.4 Å². The van der Waals surface area contributed by atoms with Crippen LogP contribution in [0.25, 0.3) is 0 Å². The first-order valence-corrected chi connectivity index (χ1v) is 8.86. The fraction of sp³-hybridized carbons (Fsp3) is 0.750. The average Bonchev–Trinajstić information content (AvgIpc) is 2.93. The van der Waals surface area contributed by atoms with E-state index in [1.165, 1.54) is 11.1 Å². The molecule has 0 saturated heterocycles. The molecule has 2 nitrogen and oxygen atoms in total. The molecular formula is C20H30O2. The van der Waals surface area contributed by atoms with Gasteiger partial charge in [0, 0.05) is 0 Å². The maximum atomic E-state index is 11.9. The number of aliphatic hydroxyl groups is 1. The average molecular weight is 302 g/mol. The van der Waals surface area contributed by atoms with E-state index >= 15 is 0 Å². The molecule has 0 heterocycles. The molecule has 1 N–H and O–H groups in total. The quantitative estimate of drug-likeness (QED) is 0.621. The van der Waals surface area contributed by atoms with E-state index in [1.54, 1.807) is 0 Å². The minimum atomic E-state index is -0.701. The summed E-state index contributed by atoms with van der Waals surface area (Å²) in [5, 5.41) is 11.1. The van der Waals surface area contributed by atoms with Crippen molar-refractivity contribution in [2.45, 2.75) is 65.4 Å². The minimum Gasteiger partial charge on any atom is -0.389 e. The first-order chi connectivity index (χ1) is 10.4. The van der Waals surface area contributed by atoms with Crippen molar-refractivity contribution in [2.24, 2.45) is 29.1 Å². The van der Waals surface area contributed by atoms with Crippen LogP contribution in [0.15, 0.2) is 23.3 Å². The lowest BCUT2D eigenvalue weighted by molar-refractivity contribution is -0.233. The molecule has 3 fully saturated rings. The molecule has 3 aliphatic carbocycles. The van der Waals surface area contributed by atoms with Gasteiger partial charge in [0.05, 0.1) is 11.0 Å². The number of rotatable bonds is 4.